The molecule has 0 spiro atoms. The molecule has 31 heavy (non-hydrogen) atoms. The third-order valence-electron chi connectivity index (χ3n) is 5.12. The van der Waals surface area contributed by atoms with Crippen LogP contribution in [-0.4, -0.2) is 29.0 Å². The molecule has 6 nitrogen and oxygen atoms in total. The number of aromatic hydroxyl groups is 1. The molecule has 3 aromatic rings. The summed E-state index contributed by atoms with van der Waals surface area (Å²) >= 11 is 5.94. The molecule has 156 valence electrons. The van der Waals surface area contributed by atoms with E-state index in [2.05, 4.69) is 0 Å². The van der Waals surface area contributed by atoms with Crippen LogP contribution < -0.4 is 9.64 Å². The summed E-state index contributed by atoms with van der Waals surface area (Å²) < 4.78 is 5.20. The van der Waals surface area contributed by atoms with Crippen molar-refractivity contribution >= 4 is 34.7 Å². The highest BCUT2D eigenvalue weighted by Gasteiger charge is 2.47. The molecule has 0 aliphatic carbocycles. The number of phenolic OH excluding ortho intramolecular Hbond substituents is 1. The third kappa shape index (κ3) is 3.62. The van der Waals surface area contributed by atoms with Crippen molar-refractivity contribution in [1.29, 1.82) is 0 Å². The Bertz CT molecular complexity index is 1190. The second kappa shape index (κ2) is 8.16. The first-order valence-electron chi connectivity index (χ1n) is 9.41. The molecule has 1 amide bonds. The summed E-state index contributed by atoms with van der Waals surface area (Å²) in [5, 5.41) is 21.5. The molecule has 1 aliphatic heterocycles. The molecule has 0 unspecified atom stereocenters. The van der Waals surface area contributed by atoms with Gasteiger partial charge in [0.2, 0.25) is 0 Å². The van der Waals surface area contributed by atoms with Crippen molar-refractivity contribution in [2.45, 2.75) is 6.04 Å². The number of hydrogen-bond acceptors (Lipinski definition) is 5. The molecule has 1 atom stereocenters. The van der Waals surface area contributed by atoms with Gasteiger partial charge in [0.15, 0.2) is 11.5 Å². The first-order chi connectivity index (χ1) is 14.9. The van der Waals surface area contributed by atoms with Crippen LogP contribution in [0, 0.1) is 0 Å². The number of para-hydroxylation sites is 1. The van der Waals surface area contributed by atoms with Crippen LogP contribution in [0.1, 0.15) is 17.2 Å². The lowest BCUT2D eigenvalue weighted by molar-refractivity contribution is -0.132. The van der Waals surface area contributed by atoms with Crippen LogP contribution in [0.3, 0.4) is 0 Å². The monoisotopic (exact) mass is 435 g/mol. The van der Waals surface area contributed by atoms with Crippen LogP contribution >= 0.6 is 11.6 Å². The summed E-state index contributed by atoms with van der Waals surface area (Å²) in [7, 11) is 1.40. The number of carbonyl (C=O) groups excluding carboxylic acids is 2. The highest BCUT2D eigenvalue weighted by molar-refractivity contribution is 6.51. The van der Waals surface area contributed by atoms with E-state index in [0.29, 0.717) is 21.8 Å². The van der Waals surface area contributed by atoms with Gasteiger partial charge in [0, 0.05) is 16.3 Å². The van der Waals surface area contributed by atoms with Crippen molar-refractivity contribution < 1.29 is 24.5 Å². The number of halogens is 1. The fraction of sp³-hybridized carbons (Fsp3) is 0.0833. The summed E-state index contributed by atoms with van der Waals surface area (Å²) in [6.07, 6.45) is 0. The highest BCUT2D eigenvalue weighted by Crippen LogP contribution is 2.43. The predicted molar refractivity (Wildman–Crippen MR) is 117 cm³/mol. The Morgan fingerprint density at radius 1 is 1.00 bits per heavy atom. The van der Waals surface area contributed by atoms with Crippen molar-refractivity contribution in [3.8, 4) is 11.5 Å². The largest absolute Gasteiger partial charge is 0.507 e. The summed E-state index contributed by atoms with van der Waals surface area (Å²) in [5.41, 5.74) is 1.28. The van der Waals surface area contributed by atoms with Gasteiger partial charge in [-0.3, -0.25) is 14.5 Å². The van der Waals surface area contributed by atoms with Crippen molar-refractivity contribution in [3.63, 3.8) is 0 Å². The lowest BCUT2D eigenvalue weighted by Crippen LogP contribution is -2.29. The van der Waals surface area contributed by atoms with E-state index in [-0.39, 0.29) is 22.8 Å². The van der Waals surface area contributed by atoms with Crippen LogP contribution in [0.5, 0.6) is 11.5 Å². The average molecular weight is 436 g/mol. The number of amides is 1. The van der Waals surface area contributed by atoms with Gasteiger partial charge in [-0.25, -0.2) is 0 Å². The van der Waals surface area contributed by atoms with Gasteiger partial charge in [0.25, 0.3) is 11.7 Å². The smallest absolute Gasteiger partial charge is 0.300 e. The van der Waals surface area contributed by atoms with E-state index in [0.717, 1.165) is 0 Å². The van der Waals surface area contributed by atoms with E-state index < -0.39 is 17.7 Å². The normalized spacial score (nSPS) is 17.7. The summed E-state index contributed by atoms with van der Waals surface area (Å²) in [6, 6.07) is 18.6. The number of aliphatic hydroxyl groups is 1. The zero-order valence-electron chi connectivity index (χ0n) is 16.4. The minimum Gasteiger partial charge on any atom is -0.507 e. The van der Waals surface area contributed by atoms with Gasteiger partial charge < -0.3 is 14.9 Å². The third-order valence-corrected chi connectivity index (χ3v) is 5.37. The first-order valence-corrected chi connectivity index (χ1v) is 9.79. The lowest BCUT2D eigenvalue weighted by atomic mass is 9.95. The topological polar surface area (TPSA) is 87.1 Å². The van der Waals surface area contributed by atoms with E-state index in [1.54, 1.807) is 60.7 Å². The van der Waals surface area contributed by atoms with E-state index in [1.807, 2.05) is 0 Å². The molecule has 2 N–H and O–H groups in total. The van der Waals surface area contributed by atoms with E-state index >= 15 is 0 Å². The summed E-state index contributed by atoms with van der Waals surface area (Å²) in [5.74, 6) is -1.79. The van der Waals surface area contributed by atoms with Crippen LogP contribution in [0.15, 0.2) is 78.4 Å². The van der Waals surface area contributed by atoms with Gasteiger partial charge in [-0.2, -0.15) is 0 Å². The van der Waals surface area contributed by atoms with Crippen LogP contribution in [0.2, 0.25) is 5.02 Å². The Morgan fingerprint density at radius 3 is 2.32 bits per heavy atom. The van der Waals surface area contributed by atoms with Crippen molar-refractivity contribution in [1.82, 2.24) is 0 Å². The number of methoxy groups -OCH3 is 1. The first kappa shape index (κ1) is 20.5. The molecule has 1 fully saturated rings. The van der Waals surface area contributed by atoms with Gasteiger partial charge >= 0.3 is 0 Å². The molecule has 7 heteroatoms. The van der Waals surface area contributed by atoms with Gasteiger partial charge in [-0.05, 0) is 54.1 Å². The van der Waals surface area contributed by atoms with Gasteiger partial charge in [-0.15, -0.1) is 0 Å². The minimum atomic E-state index is -0.924. The molecule has 0 saturated carbocycles. The maximum atomic E-state index is 13.1. The quantitative estimate of drug-likeness (QED) is 0.353. The molecule has 4 rings (SSSR count). The Hall–Kier alpha value is -3.77. The van der Waals surface area contributed by atoms with Crippen molar-refractivity contribution in [2.75, 3.05) is 12.0 Å². The molecule has 1 aliphatic rings. The highest BCUT2D eigenvalue weighted by atomic mass is 35.5. The number of ketones is 1. The second-order valence-electron chi connectivity index (χ2n) is 6.94. The number of rotatable bonds is 4. The SMILES string of the molecule is COc1cc([C@H]2/C(=C(\O)c3ccc(Cl)cc3)C(=O)C(=O)N2c2ccccc2)ccc1O. The van der Waals surface area contributed by atoms with Gasteiger partial charge in [-0.1, -0.05) is 35.9 Å². The van der Waals surface area contributed by atoms with Gasteiger partial charge in [0.1, 0.15) is 5.76 Å². The molecule has 1 saturated heterocycles. The van der Waals surface area contributed by atoms with Crippen molar-refractivity contribution in [3.05, 3.63) is 94.5 Å². The lowest BCUT2D eigenvalue weighted by Gasteiger charge is -2.25. The average Bonchev–Trinajstić information content (AvgIpc) is 3.05. The van der Waals surface area contributed by atoms with Crippen LogP contribution in [0.4, 0.5) is 5.69 Å². The number of anilines is 1. The molecular weight excluding hydrogens is 418 g/mol. The summed E-state index contributed by atoms with van der Waals surface area (Å²) in [6.45, 7) is 0. The molecule has 3 aromatic carbocycles. The zero-order chi connectivity index (χ0) is 22.1. The van der Waals surface area contributed by atoms with Crippen LogP contribution in [-0.2, 0) is 9.59 Å². The number of benzene rings is 3. The number of carbonyl (C=O) groups is 2. The van der Waals surface area contributed by atoms with E-state index in [1.165, 1.54) is 24.1 Å². The number of aliphatic hydroxyl groups excluding tert-OH is 1. The molecule has 0 bridgehead atoms. The fourth-order valence-electron chi connectivity index (χ4n) is 3.63. The number of hydrogen-bond donors (Lipinski definition) is 2. The number of Topliss-reactive ketones (excluding diaryl/α,β-unsaturated/α-hetero) is 1. The second-order valence-corrected chi connectivity index (χ2v) is 7.38. The van der Waals surface area contributed by atoms with E-state index in [9.17, 15) is 19.8 Å². The molecule has 1 heterocycles. The molecule has 0 radical (unpaired) electrons. The zero-order valence-corrected chi connectivity index (χ0v) is 17.2. The Morgan fingerprint density at radius 2 is 1.68 bits per heavy atom. The standard InChI is InChI=1S/C24H18ClNO5/c1-31-19-13-15(9-12-18(19)27)21-20(22(28)14-7-10-16(25)11-8-14)23(29)24(30)26(21)17-5-3-2-4-6-17/h2-13,21,27-28H,1H3/b22-20+/t21-/m0/s1. The molecule has 0 aromatic heterocycles. The Kier molecular flexibility index (Phi) is 5.40. The number of nitrogens with zero attached hydrogens (tertiary/aromatic N) is 1. The molecular formula is C24H18ClNO5. The number of phenols is 1. The Balaban J connectivity index is 1.96. The van der Waals surface area contributed by atoms with Crippen LogP contribution in [0.25, 0.3) is 5.76 Å². The predicted octanol–water partition coefficient (Wildman–Crippen LogP) is 4.68. The van der Waals surface area contributed by atoms with Gasteiger partial charge in [0.05, 0.1) is 18.7 Å². The minimum absolute atomic E-state index is 0.0658. The number of ether oxygens (including phenoxy) is 1. The van der Waals surface area contributed by atoms with Crippen molar-refractivity contribution in [2.24, 2.45) is 0 Å². The maximum absolute atomic E-state index is 13.1. The van der Waals surface area contributed by atoms with E-state index in [4.69, 9.17) is 16.3 Å². The maximum Gasteiger partial charge on any atom is 0.300 e. The Labute approximate surface area is 183 Å². The summed E-state index contributed by atoms with van der Waals surface area (Å²) in [4.78, 5) is 27.4. The fourth-order valence-corrected chi connectivity index (χ4v) is 3.76.